The number of carbonyl (C=O) groups excluding carboxylic acids is 3. The van der Waals surface area contributed by atoms with Gasteiger partial charge in [-0.15, -0.1) is 0 Å². The third kappa shape index (κ3) is 12.4. The molecular weight excluding hydrogens is 865 g/mol. The number of hydrogen-bond acceptors (Lipinski definition) is 6. The minimum absolute atomic E-state index is 0.0272. The molecule has 11 nitrogen and oxygen atoms in total. The number of carboxylic acids is 1. The second-order valence-corrected chi connectivity index (χ2v) is 20.2. The lowest BCUT2D eigenvalue weighted by Gasteiger charge is -2.32. The summed E-state index contributed by atoms with van der Waals surface area (Å²) in [6, 6.07) is 28.7. The molecule has 362 valence electrons. The first-order chi connectivity index (χ1) is 32.8. The number of carbonyl (C=O) groups is 4. The highest BCUT2D eigenvalue weighted by molar-refractivity contribution is 5.93. The predicted octanol–water partition coefficient (Wildman–Crippen LogP) is 13.0. The highest BCUT2D eigenvalue weighted by atomic mass is 16.6. The summed E-state index contributed by atoms with van der Waals surface area (Å²) in [7, 11) is 0. The molecule has 8 rings (SSSR count). The van der Waals surface area contributed by atoms with Gasteiger partial charge in [-0.05, 0) is 163 Å². The Balaban J connectivity index is 0.000000204. The summed E-state index contributed by atoms with van der Waals surface area (Å²) in [4.78, 5) is 60.0. The van der Waals surface area contributed by atoms with Crippen molar-refractivity contribution in [1.82, 2.24) is 19.8 Å². The van der Waals surface area contributed by atoms with Crippen molar-refractivity contribution in [3.05, 3.63) is 153 Å². The molecule has 69 heavy (non-hydrogen) atoms. The average Bonchev–Trinajstić information content (AvgIpc) is 4.06. The molecule has 0 saturated heterocycles. The number of aryl methyl sites for hydroxylation is 4. The molecule has 0 fully saturated rings. The van der Waals surface area contributed by atoms with E-state index in [2.05, 4.69) is 66.3 Å². The van der Waals surface area contributed by atoms with E-state index in [1.807, 2.05) is 107 Å². The zero-order valence-electron chi connectivity index (χ0n) is 41.7. The highest BCUT2D eigenvalue weighted by Crippen LogP contribution is 2.39. The van der Waals surface area contributed by atoms with Crippen molar-refractivity contribution in [2.45, 2.75) is 131 Å². The Labute approximate surface area is 406 Å². The number of aliphatic carboxylic acids is 1. The summed E-state index contributed by atoms with van der Waals surface area (Å²) in [5.74, 6) is -0.853. The van der Waals surface area contributed by atoms with Crippen LogP contribution in [-0.4, -0.2) is 73.1 Å². The van der Waals surface area contributed by atoms with Crippen LogP contribution in [0.25, 0.3) is 34.0 Å². The third-order valence-corrected chi connectivity index (χ3v) is 12.9. The number of hydrogen-bond donors (Lipinski definition) is 3. The molecular formula is C58H68N4O7. The topological polar surface area (TPSA) is 145 Å². The number of nitrogens with zero attached hydrogens (tertiary/aromatic N) is 2. The molecule has 0 spiro atoms. The zero-order valence-corrected chi connectivity index (χ0v) is 41.7. The number of para-hydroxylation sites is 2. The minimum Gasteiger partial charge on any atom is -0.478 e. The van der Waals surface area contributed by atoms with E-state index in [9.17, 15) is 19.2 Å². The summed E-state index contributed by atoms with van der Waals surface area (Å²) >= 11 is 0. The number of ketones is 1. The molecule has 0 saturated carbocycles. The number of benzene rings is 4. The summed E-state index contributed by atoms with van der Waals surface area (Å²) in [5.41, 5.74) is 12.3. The zero-order chi connectivity index (χ0) is 49.6. The van der Waals surface area contributed by atoms with Crippen molar-refractivity contribution in [2.75, 3.05) is 13.1 Å². The van der Waals surface area contributed by atoms with Gasteiger partial charge in [-0.1, -0.05) is 85.8 Å². The molecule has 2 aliphatic carbocycles. The molecule has 2 amide bonds. The Hall–Kier alpha value is -6.88. The number of rotatable bonds is 13. The van der Waals surface area contributed by atoms with Crippen LogP contribution in [0.5, 0.6) is 0 Å². The fraction of sp³-hybridized carbons (Fsp3) is 0.379. The molecule has 2 aromatic heterocycles. The molecule has 3 N–H and O–H groups in total. The number of nitrogens with one attached hydrogen (secondary N) is 2. The molecule has 2 unspecified atom stereocenters. The summed E-state index contributed by atoms with van der Waals surface area (Å²) in [6.07, 6.45) is 11.1. The highest BCUT2D eigenvalue weighted by Gasteiger charge is 2.35. The number of aromatic nitrogens is 2. The second-order valence-electron chi connectivity index (χ2n) is 20.2. The first-order valence-electron chi connectivity index (χ1n) is 24.3. The van der Waals surface area contributed by atoms with Crippen molar-refractivity contribution in [3.8, 4) is 0 Å². The molecule has 2 heterocycles. The lowest BCUT2D eigenvalue weighted by molar-refractivity contribution is -0.131. The summed E-state index contributed by atoms with van der Waals surface area (Å²) in [5, 5.41) is 11.3. The van der Waals surface area contributed by atoms with Crippen molar-refractivity contribution in [3.63, 3.8) is 0 Å². The normalized spacial score (nSPS) is 15.6. The molecule has 4 aromatic carbocycles. The van der Waals surface area contributed by atoms with Gasteiger partial charge in [-0.25, -0.2) is 14.4 Å². The van der Waals surface area contributed by atoms with Crippen LogP contribution in [0.15, 0.2) is 97.1 Å². The monoisotopic (exact) mass is 933 g/mol. The molecule has 6 aromatic rings. The van der Waals surface area contributed by atoms with Crippen LogP contribution in [0, 0.1) is 13.8 Å². The van der Waals surface area contributed by atoms with Gasteiger partial charge in [-0.3, -0.25) is 4.79 Å². The Bertz CT molecular complexity index is 2900. The number of H-pyrrole nitrogens is 2. The van der Waals surface area contributed by atoms with Crippen LogP contribution in [0.4, 0.5) is 9.59 Å². The number of aromatic amines is 2. The van der Waals surface area contributed by atoms with Crippen LogP contribution in [-0.2, 0) is 44.7 Å². The summed E-state index contributed by atoms with van der Waals surface area (Å²) < 4.78 is 11.7. The van der Waals surface area contributed by atoms with E-state index in [0.29, 0.717) is 19.5 Å². The SMILES string of the molecule is CCC(=O)/C=C/c1ccc2c(c1)CCC2N(CCc1c(C)[nH]c2ccccc12)C(=O)OC(C)(C)C.Cc1[nH]c2ccccc2c1CCN(C(=O)OC(C)(C)C)C1CCc2cc(/C=C/C(=O)O)ccc21. The van der Waals surface area contributed by atoms with Gasteiger partial charge in [0.05, 0.1) is 12.1 Å². The van der Waals surface area contributed by atoms with E-state index >= 15 is 0 Å². The largest absolute Gasteiger partial charge is 0.478 e. The van der Waals surface area contributed by atoms with Gasteiger partial charge >= 0.3 is 18.2 Å². The second kappa shape index (κ2) is 21.2. The molecule has 0 aliphatic heterocycles. The van der Waals surface area contributed by atoms with Crippen LogP contribution >= 0.6 is 0 Å². The van der Waals surface area contributed by atoms with Gasteiger partial charge in [0.1, 0.15) is 11.2 Å². The lowest BCUT2D eigenvalue weighted by atomic mass is 10.0. The number of fused-ring (bicyclic) bond motifs is 4. The predicted molar refractivity (Wildman–Crippen MR) is 275 cm³/mol. The Morgan fingerprint density at radius 1 is 0.638 bits per heavy atom. The van der Waals surface area contributed by atoms with Gasteiger partial charge in [0.15, 0.2) is 5.78 Å². The van der Waals surface area contributed by atoms with Crippen LogP contribution in [0.3, 0.4) is 0 Å². The smallest absolute Gasteiger partial charge is 0.410 e. The maximum atomic E-state index is 13.4. The van der Waals surface area contributed by atoms with E-state index in [1.165, 1.54) is 33.0 Å². The number of allylic oxidation sites excluding steroid dienone is 1. The lowest BCUT2D eigenvalue weighted by Crippen LogP contribution is -2.40. The van der Waals surface area contributed by atoms with Gasteiger partial charge < -0.3 is 34.3 Å². The van der Waals surface area contributed by atoms with Crippen molar-refractivity contribution < 1.29 is 33.8 Å². The Morgan fingerprint density at radius 2 is 1.06 bits per heavy atom. The first kappa shape index (κ1) is 50.0. The van der Waals surface area contributed by atoms with E-state index in [1.54, 1.807) is 12.2 Å². The van der Waals surface area contributed by atoms with E-state index in [0.717, 1.165) is 89.3 Å². The molecule has 0 radical (unpaired) electrons. The number of amides is 2. The van der Waals surface area contributed by atoms with E-state index in [-0.39, 0.29) is 30.1 Å². The first-order valence-corrected chi connectivity index (χ1v) is 24.3. The molecule has 2 atom stereocenters. The van der Waals surface area contributed by atoms with Crippen LogP contribution in [0.1, 0.15) is 136 Å². The Morgan fingerprint density at radius 3 is 1.46 bits per heavy atom. The fourth-order valence-electron chi connectivity index (χ4n) is 9.73. The van der Waals surface area contributed by atoms with E-state index in [4.69, 9.17) is 14.6 Å². The van der Waals surface area contributed by atoms with E-state index < -0.39 is 17.2 Å². The maximum absolute atomic E-state index is 13.4. The molecule has 11 heteroatoms. The van der Waals surface area contributed by atoms with Gasteiger partial charge in [-0.2, -0.15) is 0 Å². The van der Waals surface area contributed by atoms with Gasteiger partial charge in [0.25, 0.3) is 0 Å². The fourth-order valence-corrected chi connectivity index (χ4v) is 9.73. The van der Waals surface area contributed by atoms with Gasteiger partial charge in [0.2, 0.25) is 0 Å². The number of carboxylic acid groups (broad SMARTS) is 1. The van der Waals surface area contributed by atoms with Crippen LogP contribution < -0.4 is 0 Å². The standard InChI is InChI=1S/C30H36N2O3.C28H32N2O4/c1-6-23(33)14-11-21-12-15-25-22(19-21)13-16-28(25)32(29(34)35-30(3,4)5)18-17-24-20(2)31-27-10-8-7-9-26(24)27;1-18-21(23-7-5-6-8-24(23)29-18)15-16-30(27(33)34-28(2,3)4)25-13-11-20-17-19(9-12-22(20)25)10-14-26(31)32/h7-12,14-15,19,28,31H,6,13,16-18H2,1-5H3;5-10,12,14,17,25,29H,11,13,15-16H2,1-4H3,(H,31,32)/b14-11+;14-10+. The van der Waals surface area contributed by atoms with Crippen molar-refractivity contribution in [2.24, 2.45) is 0 Å². The Kier molecular flexibility index (Phi) is 15.4. The molecule has 0 bridgehead atoms. The van der Waals surface area contributed by atoms with Gasteiger partial charge in [0, 0.05) is 58.8 Å². The maximum Gasteiger partial charge on any atom is 0.410 e. The van der Waals surface area contributed by atoms with Crippen molar-refractivity contribution >= 4 is 57.9 Å². The number of ether oxygens (including phenoxy) is 2. The quantitative estimate of drug-likeness (QED) is 0.0978. The van der Waals surface area contributed by atoms with Crippen molar-refractivity contribution in [1.29, 1.82) is 0 Å². The average molecular weight is 933 g/mol. The minimum atomic E-state index is -0.970. The van der Waals surface area contributed by atoms with Crippen LogP contribution in [0.2, 0.25) is 0 Å². The summed E-state index contributed by atoms with van der Waals surface area (Å²) in [6.45, 7) is 18.5. The molecule has 2 aliphatic rings. The third-order valence-electron chi connectivity index (χ3n) is 12.9.